The SMILES string of the molecule is CCCn1cc(CN(CC(=O)O)c2ccccc2)cn1. The van der Waals surface area contributed by atoms with Crippen molar-refractivity contribution < 1.29 is 9.90 Å². The molecule has 0 spiro atoms. The molecule has 0 aliphatic rings. The minimum Gasteiger partial charge on any atom is -0.480 e. The third-order valence-electron chi connectivity index (χ3n) is 2.96. The minimum absolute atomic E-state index is 0.0248. The molecule has 0 saturated carbocycles. The van der Waals surface area contributed by atoms with Crippen LogP contribution in [0.4, 0.5) is 5.69 Å². The molecular formula is C15H19N3O2. The zero-order valence-corrected chi connectivity index (χ0v) is 11.6. The quantitative estimate of drug-likeness (QED) is 0.841. The average Bonchev–Trinajstić information content (AvgIpc) is 2.86. The van der Waals surface area contributed by atoms with Gasteiger partial charge in [0, 0.05) is 30.5 Å². The van der Waals surface area contributed by atoms with E-state index < -0.39 is 5.97 Å². The van der Waals surface area contributed by atoms with Crippen molar-refractivity contribution >= 4 is 11.7 Å². The standard InChI is InChI=1S/C15H19N3O2/c1-2-8-18-11-13(9-16-18)10-17(12-15(19)20)14-6-4-3-5-7-14/h3-7,9,11H,2,8,10,12H2,1H3,(H,19,20). The van der Waals surface area contributed by atoms with Gasteiger partial charge in [0.15, 0.2) is 0 Å². The molecule has 0 radical (unpaired) electrons. The topological polar surface area (TPSA) is 58.4 Å². The number of aryl methyl sites for hydroxylation is 1. The lowest BCUT2D eigenvalue weighted by atomic mass is 10.2. The summed E-state index contributed by atoms with van der Waals surface area (Å²) >= 11 is 0. The predicted octanol–water partition coefficient (Wildman–Crippen LogP) is 2.38. The summed E-state index contributed by atoms with van der Waals surface area (Å²) < 4.78 is 1.89. The number of aliphatic carboxylic acids is 1. The second-order valence-corrected chi connectivity index (χ2v) is 4.70. The van der Waals surface area contributed by atoms with Crippen molar-refractivity contribution in [3.05, 3.63) is 48.3 Å². The molecule has 1 heterocycles. The van der Waals surface area contributed by atoms with Crippen molar-refractivity contribution in [1.29, 1.82) is 0 Å². The first-order valence-electron chi connectivity index (χ1n) is 6.72. The van der Waals surface area contributed by atoms with E-state index in [-0.39, 0.29) is 6.54 Å². The van der Waals surface area contributed by atoms with Crippen molar-refractivity contribution in [1.82, 2.24) is 9.78 Å². The Morgan fingerprint density at radius 1 is 1.35 bits per heavy atom. The molecule has 2 aromatic rings. The molecule has 0 atom stereocenters. The van der Waals surface area contributed by atoms with Crippen molar-refractivity contribution in [2.75, 3.05) is 11.4 Å². The van der Waals surface area contributed by atoms with Crippen LogP contribution in [-0.2, 0) is 17.9 Å². The Morgan fingerprint density at radius 3 is 2.75 bits per heavy atom. The highest BCUT2D eigenvalue weighted by atomic mass is 16.4. The Labute approximate surface area is 118 Å². The molecular weight excluding hydrogens is 254 g/mol. The van der Waals surface area contributed by atoms with Crippen LogP contribution in [0, 0.1) is 0 Å². The number of rotatable bonds is 7. The van der Waals surface area contributed by atoms with Crippen molar-refractivity contribution in [3.8, 4) is 0 Å². The van der Waals surface area contributed by atoms with Crippen LogP contribution in [0.1, 0.15) is 18.9 Å². The fourth-order valence-electron chi connectivity index (χ4n) is 2.10. The van der Waals surface area contributed by atoms with E-state index in [1.807, 2.05) is 46.1 Å². The van der Waals surface area contributed by atoms with Gasteiger partial charge in [-0.1, -0.05) is 25.1 Å². The van der Waals surface area contributed by atoms with E-state index in [1.165, 1.54) is 0 Å². The number of para-hydroxylation sites is 1. The highest BCUT2D eigenvalue weighted by Crippen LogP contribution is 2.16. The summed E-state index contributed by atoms with van der Waals surface area (Å²) in [5.41, 5.74) is 1.92. The summed E-state index contributed by atoms with van der Waals surface area (Å²) in [7, 11) is 0. The Balaban J connectivity index is 2.12. The molecule has 106 valence electrons. The van der Waals surface area contributed by atoms with Crippen LogP contribution in [0.25, 0.3) is 0 Å². The predicted molar refractivity (Wildman–Crippen MR) is 77.6 cm³/mol. The van der Waals surface area contributed by atoms with Gasteiger partial charge >= 0.3 is 5.97 Å². The third-order valence-corrected chi connectivity index (χ3v) is 2.96. The van der Waals surface area contributed by atoms with E-state index in [1.54, 1.807) is 6.20 Å². The van der Waals surface area contributed by atoms with Crippen molar-refractivity contribution in [2.24, 2.45) is 0 Å². The van der Waals surface area contributed by atoms with E-state index in [2.05, 4.69) is 12.0 Å². The van der Waals surface area contributed by atoms with Gasteiger partial charge in [0.25, 0.3) is 0 Å². The number of hydrogen-bond acceptors (Lipinski definition) is 3. The molecule has 0 aliphatic carbocycles. The molecule has 0 amide bonds. The third kappa shape index (κ3) is 3.85. The lowest BCUT2D eigenvalue weighted by molar-refractivity contribution is -0.135. The van der Waals surface area contributed by atoms with Crippen LogP contribution in [0.15, 0.2) is 42.7 Å². The molecule has 1 N–H and O–H groups in total. The zero-order valence-electron chi connectivity index (χ0n) is 11.6. The van der Waals surface area contributed by atoms with Gasteiger partial charge in [-0.05, 0) is 18.6 Å². The monoisotopic (exact) mass is 273 g/mol. The Morgan fingerprint density at radius 2 is 2.10 bits per heavy atom. The minimum atomic E-state index is -0.838. The van der Waals surface area contributed by atoms with Crippen LogP contribution >= 0.6 is 0 Å². The molecule has 5 heteroatoms. The fraction of sp³-hybridized carbons (Fsp3) is 0.333. The van der Waals surface area contributed by atoms with Crippen LogP contribution in [-0.4, -0.2) is 27.4 Å². The number of anilines is 1. The summed E-state index contributed by atoms with van der Waals surface area (Å²) in [4.78, 5) is 12.8. The maximum atomic E-state index is 11.0. The van der Waals surface area contributed by atoms with Gasteiger partial charge in [-0.3, -0.25) is 9.48 Å². The number of benzene rings is 1. The normalized spacial score (nSPS) is 10.4. The number of carboxylic acids is 1. The average molecular weight is 273 g/mol. The first kappa shape index (κ1) is 14.1. The van der Waals surface area contributed by atoms with E-state index in [9.17, 15) is 4.79 Å². The summed E-state index contributed by atoms with van der Waals surface area (Å²) in [5, 5.41) is 13.3. The van der Waals surface area contributed by atoms with Crippen LogP contribution in [0.3, 0.4) is 0 Å². The molecule has 1 aromatic heterocycles. The van der Waals surface area contributed by atoms with Crippen molar-refractivity contribution in [2.45, 2.75) is 26.4 Å². The molecule has 0 bridgehead atoms. The van der Waals surface area contributed by atoms with Gasteiger partial charge < -0.3 is 10.0 Å². The lowest BCUT2D eigenvalue weighted by Crippen LogP contribution is -2.28. The Hall–Kier alpha value is -2.30. The molecule has 1 aromatic carbocycles. The van der Waals surface area contributed by atoms with Crippen LogP contribution < -0.4 is 4.90 Å². The number of carboxylic acid groups (broad SMARTS) is 1. The van der Waals surface area contributed by atoms with E-state index >= 15 is 0 Å². The van der Waals surface area contributed by atoms with E-state index in [4.69, 9.17) is 5.11 Å². The molecule has 5 nitrogen and oxygen atoms in total. The maximum Gasteiger partial charge on any atom is 0.323 e. The fourth-order valence-corrected chi connectivity index (χ4v) is 2.10. The highest BCUT2D eigenvalue weighted by molar-refractivity contribution is 5.73. The second kappa shape index (κ2) is 6.75. The lowest BCUT2D eigenvalue weighted by Gasteiger charge is -2.22. The zero-order chi connectivity index (χ0) is 14.4. The molecule has 0 unspecified atom stereocenters. The number of hydrogen-bond donors (Lipinski definition) is 1. The van der Waals surface area contributed by atoms with E-state index in [0.717, 1.165) is 24.2 Å². The van der Waals surface area contributed by atoms with Gasteiger partial charge in [-0.2, -0.15) is 5.10 Å². The van der Waals surface area contributed by atoms with Gasteiger partial charge in [0.2, 0.25) is 0 Å². The Bertz CT molecular complexity index is 551. The van der Waals surface area contributed by atoms with Gasteiger partial charge in [-0.15, -0.1) is 0 Å². The summed E-state index contributed by atoms with van der Waals surface area (Å²) in [6.45, 7) is 3.50. The smallest absolute Gasteiger partial charge is 0.323 e. The largest absolute Gasteiger partial charge is 0.480 e. The second-order valence-electron chi connectivity index (χ2n) is 4.70. The maximum absolute atomic E-state index is 11.0. The molecule has 20 heavy (non-hydrogen) atoms. The van der Waals surface area contributed by atoms with Crippen LogP contribution in [0.5, 0.6) is 0 Å². The number of aromatic nitrogens is 2. The molecule has 0 aliphatic heterocycles. The first-order chi connectivity index (χ1) is 9.69. The number of nitrogens with zero attached hydrogens (tertiary/aromatic N) is 3. The summed E-state index contributed by atoms with van der Waals surface area (Å²) in [6.07, 6.45) is 4.80. The molecule has 0 fully saturated rings. The first-order valence-corrected chi connectivity index (χ1v) is 6.72. The van der Waals surface area contributed by atoms with Gasteiger partial charge in [-0.25, -0.2) is 0 Å². The van der Waals surface area contributed by atoms with Gasteiger partial charge in [0.1, 0.15) is 6.54 Å². The summed E-state index contributed by atoms with van der Waals surface area (Å²) in [6, 6.07) is 9.57. The van der Waals surface area contributed by atoms with Gasteiger partial charge in [0.05, 0.1) is 6.20 Å². The summed E-state index contributed by atoms with van der Waals surface area (Å²) in [5.74, 6) is -0.838. The van der Waals surface area contributed by atoms with Crippen molar-refractivity contribution in [3.63, 3.8) is 0 Å². The van der Waals surface area contributed by atoms with E-state index in [0.29, 0.717) is 6.54 Å². The van der Waals surface area contributed by atoms with Crippen LogP contribution in [0.2, 0.25) is 0 Å². The number of carbonyl (C=O) groups is 1. The molecule has 2 rings (SSSR count). The highest BCUT2D eigenvalue weighted by Gasteiger charge is 2.12. The Kier molecular flexibility index (Phi) is 4.76. The molecule has 0 saturated heterocycles.